The molecule has 0 saturated carbocycles. The van der Waals surface area contributed by atoms with E-state index in [0.29, 0.717) is 40.4 Å². The van der Waals surface area contributed by atoms with Gasteiger partial charge in [-0.1, -0.05) is 30.3 Å². The lowest BCUT2D eigenvalue weighted by Gasteiger charge is -2.14. The van der Waals surface area contributed by atoms with Gasteiger partial charge in [0.1, 0.15) is 23.9 Å². The molecule has 0 atom stereocenters. The number of nitrogens with zero attached hydrogens (tertiary/aromatic N) is 1. The molecule has 0 aliphatic rings. The Bertz CT molecular complexity index is 1150. The maximum Gasteiger partial charge on any atom is 0.167 e. The van der Waals surface area contributed by atoms with Crippen LogP contribution in [0.25, 0.3) is 10.9 Å². The third-order valence-electron chi connectivity index (χ3n) is 4.38. The molecule has 3 aromatic carbocycles. The van der Waals surface area contributed by atoms with Crippen molar-refractivity contribution in [3.8, 4) is 23.0 Å². The average molecular weight is 390 g/mol. The first kappa shape index (κ1) is 18.6. The van der Waals surface area contributed by atoms with Gasteiger partial charge in [-0.05, 0) is 23.8 Å². The van der Waals surface area contributed by atoms with Gasteiger partial charge in [-0.15, -0.1) is 0 Å². The summed E-state index contributed by atoms with van der Waals surface area (Å²) >= 11 is 0. The molecule has 2 N–H and O–H groups in total. The van der Waals surface area contributed by atoms with E-state index in [0.717, 1.165) is 5.56 Å². The Morgan fingerprint density at radius 1 is 0.931 bits per heavy atom. The topological polar surface area (TPSA) is 66.6 Å². The van der Waals surface area contributed by atoms with Crippen molar-refractivity contribution >= 4 is 16.6 Å². The highest BCUT2D eigenvalue weighted by Crippen LogP contribution is 2.39. The summed E-state index contributed by atoms with van der Waals surface area (Å²) in [6, 6.07) is 19.4. The van der Waals surface area contributed by atoms with Crippen LogP contribution in [-0.2, 0) is 6.61 Å². The first-order chi connectivity index (χ1) is 14.1. The summed E-state index contributed by atoms with van der Waals surface area (Å²) in [6.45, 7) is 0.419. The van der Waals surface area contributed by atoms with Crippen LogP contribution in [0.15, 0.2) is 72.9 Å². The van der Waals surface area contributed by atoms with Crippen LogP contribution >= 0.6 is 0 Å². The van der Waals surface area contributed by atoms with E-state index in [1.54, 1.807) is 37.6 Å². The summed E-state index contributed by atoms with van der Waals surface area (Å²) in [5.74, 6) is 1.08. The highest BCUT2D eigenvalue weighted by Gasteiger charge is 2.15. The van der Waals surface area contributed by atoms with E-state index in [2.05, 4.69) is 4.98 Å². The highest BCUT2D eigenvalue weighted by molar-refractivity contribution is 5.92. The van der Waals surface area contributed by atoms with E-state index in [1.807, 2.05) is 30.3 Å². The fraction of sp³-hybridized carbons (Fsp3) is 0.0870. The highest BCUT2D eigenvalue weighted by atomic mass is 19.1. The summed E-state index contributed by atoms with van der Waals surface area (Å²) < 4.78 is 31.4. The van der Waals surface area contributed by atoms with Crippen molar-refractivity contribution < 1.29 is 18.6 Å². The molecule has 5 nitrogen and oxygen atoms in total. The number of ether oxygens (including phenoxy) is 3. The minimum absolute atomic E-state index is 0.0677. The van der Waals surface area contributed by atoms with Gasteiger partial charge in [0.05, 0.1) is 18.0 Å². The standard InChI is InChI=1S/C23H19FN2O3/c1-27-22-13-17(28-14-15-5-3-2-4-6-15)12-19-23(22)21(9-10-26-19)29-20-8-7-16(25)11-18(20)24/h2-13H,14,25H2,1H3. The first-order valence-electron chi connectivity index (χ1n) is 9.00. The van der Waals surface area contributed by atoms with Gasteiger partial charge in [-0.2, -0.15) is 0 Å². The van der Waals surface area contributed by atoms with Crippen molar-refractivity contribution in [3.05, 3.63) is 84.3 Å². The second-order valence-corrected chi connectivity index (χ2v) is 6.39. The predicted molar refractivity (Wildman–Crippen MR) is 110 cm³/mol. The molecule has 146 valence electrons. The van der Waals surface area contributed by atoms with Crippen molar-refractivity contribution in [2.45, 2.75) is 6.61 Å². The summed E-state index contributed by atoms with van der Waals surface area (Å²) in [7, 11) is 1.55. The van der Waals surface area contributed by atoms with E-state index in [4.69, 9.17) is 19.9 Å². The van der Waals surface area contributed by atoms with Gasteiger partial charge in [-0.25, -0.2) is 4.39 Å². The van der Waals surface area contributed by atoms with Gasteiger partial charge in [0.2, 0.25) is 0 Å². The molecule has 0 saturated heterocycles. The van der Waals surface area contributed by atoms with Crippen LogP contribution in [0.5, 0.6) is 23.0 Å². The number of nitrogens with two attached hydrogens (primary N) is 1. The molecular weight excluding hydrogens is 371 g/mol. The number of halogens is 1. The number of aromatic nitrogens is 1. The lowest BCUT2D eigenvalue weighted by atomic mass is 10.1. The third-order valence-corrected chi connectivity index (χ3v) is 4.38. The Hall–Kier alpha value is -3.80. The van der Waals surface area contributed by atoms with Gasteiger partial charge >= 0.3 is 0 Å². The zero-order chi connectivity index (χ0) is 20.2. The Balaban J connectivity index is 1.68. The number of benzene rings is 3. The fourth-order valence-electron chi connectivity index (χ4n) is 2.98. The number of methoxy groups -OCH3 is 1. The molecule has 0 unspecified atom stereocenters. The zero-order valence-corrected chi connectivity index (χ0v) is 15.8. The molecule has 4 rings (SSSR count). The minimum Gasteiger partial charge on any atom is -0.496 e. The van der Waals surface area contributed by atoms with Crippen molar-refractivity contribution in [3.63, 3.8) is 0 Å². The number of hydrogen-bond donors (Lipinski definition) is 1. The summed E-state index contributed by atoms with van der Waals surface area (Å²) in [5.41, 5.74) is 7.59. The molecule has 0 aliphatic heterocycles. The predicted octanol–water partition coefficient (Wildman–Crippen LogP) is 5.34. The number of nitrogen functional groups attached to an aromatic ring is 1. The van der Waals surface area contributed by atoms with Crippen molar-refractivity contribution in [2.75, 3.05) is 12.8 Å². The molecule has 1 heterocycles. The Kier molecular flexibility index (Phi) is 5.16. The molecule has 0 aliphatic carbocycles. The van der Waals surface area contributed by atoms with E-state index in [-0.39, 0.29) is 5.75 Å². The maximum atomic E-state index is 14.2. The molecule has 6 heteroatoms. The normalized spacial score (nSPS) is 10.7. The first-order valence-corrected chi connectivity index (χ1v) is 9.00. The van der Waals surface area contributed by atoms with E-state index in [1.165, 1.54) is 12.1 Å². The average Bonchev–Trinajstić information content (AvgIpc) is 2.74. The van der Waals surface area contributed by atoms with Crippen LogP contribution in [0.2, 0.25) is 0 Å². The van der Waals surface area contributed by atoms with Gasteiger partial charge < -0.3 is 19.9 Å². The Morgan fingerprint density at radius 3 is 2.52 bits per heavy atom. The molecule has 0 fully saturated rings. The largest absolute Gasteiger partial charge is 0.496 e. The van der Waals surface area contributed by atoms with E-state index < -0.39 is 5.82 Å². The van der Waals surface area contributed by atoms with Crippen LogP contribution in [0.1, 0.15) is 5.56 Å². The van der Waals surface area contributed by atoms with Gasteiger partial charge in [0, 0.05) is 30.1 Å². The Labute approximate surface area is 167 Å². The lowest BCUT2D eigenvalue weighted by Crippen LogP contribution is -1.98. The molecule has 0 spiro atoms. The molecule has 4 aromatic rings. The minimum atomic E-state index is -0.545. The van der Waals surface area contributed by atoms with E-state index in [9.17, 15) is 4.39 Å². The van der Waals surface area contributed by atoms with Crippen LogP contribution in [0.4, 0.5) is 10.1 Å². The maximum absolute atomic E-state index is 14.2. The second-order valence-electron chi connectivity index (χ2n) is 6.39. The smallest absolute Gasteiger partial charge is 0.167 e. The molecule has 29 heavy (non-hydrogen) atoms. The summed E-state index contributed by atoms with van der Waals surface area (Å²) in [6.07, 6.45) is 1.59. The van der Waals surface area contributed by atoms with Crippen molar-refractivity contribution in [1.29, 1.82) is 0 Å². The van der Waals surface area contributed by atoms with Gasteiger partial charge in [-0.3, -0.25) is 4.98 Å². The number of pyridine rings is 1. The van der Waals surface area contributed by atoms with Gasteiger partial charge in [0.25, 0.3) is 0 Å². The van der Waals surface area contributed by atoms with E-state index >= 15 is 0 Å². The van der Waals surface area contributed by atoms with Crippen LogP contribution in [0, 0.1) is 5.82 Å². The van der Waals surface area contributed by atoms with Crippen LogP contribution in [-0.4, -0.2) is 12.1 Å². The molecule has 0 bridgehead atoms. The monoisotopic (exact) mass is 390 g/mol. The summed E-state index contributed by atoms with van der Waals surface area (Å²) in [4.78, 5) is 4.39. The fourth-order valence-corrected chi connectivity index (χ4v) is 2.98. The summed E-state index contributed by atoms with van der Waals surface area (Å²) in [5, 5.41) is 0.623. The number of hydrogen-bond acceptors (Lipinski definition) is 5. The van der Waals surface area contributed by atoms with Gasteiger partial charge in [0.15, 0.2) is 11.6 Å². The molecular formula is C23H19FN2O3. The number of fused-ring (bicyclic) bond motifs is 1. The second kappa shape index (κ2) is 8.06. The molecule has 1 aromatic heterocycles. The SMILES string of the molecule is COc1cc(OCc2ccccc2)cc2nccc(Oc3ccc(N)cc3F)c12. The Morgan fingerprint density at radius 2 is 1.76 bits per heavy atom. The quantitative estimate of drug-likeness (QED) is 0.450. The number of rotatable bonds is 6. The third kappa shape index (κ3) is 4.06. The lowest BCUT2D eigenvalue weighted by molar-refractivity contribution is 0.304. The van der Waals surface area contributed by atoms with Crippen molar-refractivity contribution in [2.24, 2.45) is 0 Å². The van der Waals surface area contributed by atoms with Crippen molar-refractivity contribution in [1.82, 2.24) is 4.98 Å². The molecule has 0 amide bonds. The molecule has 0 radical (unpaired) electrons. The zero-order valence-electron chi connectivity index (χ0n) is 15.8. The number of anilines is 1. The van der Waals surface area contributed by atoms with Crippen LogP contribution < -0.4 is 19.9 Å². The van der Waals surface area contributed by atoms with Crippen LogP contribution in [0.3, 0.4) is 0 Å².